The number of rotatable bonds is 2. The molecule has 3 heteroatoms. The third-order valence-electron chi connectivity index (χ3n) is 1.68. The van der Waals surface area contributed by atoms with E-state index in [0.29, 0.717) is 5.92 Å². The Balaban J connectivity index is 2.70. The lowest BCUT2D eigenvalue weighted by molar-refractivity contribution is 0.311. The quantitative estimate of drug-likeness (QED) is 0.706. The van der Waals surface area contributed by atoms with Crippen LogP contribution < -0.4 is 0 Å². The van der Waals surface area contributed by atoms with Crippen LogP contribution in [0.3, 0.4) is 0 Å². The molecule has 0 saturated heterocycles. The van der Waals surface area contributed by atoms with Crippen molar-refractivity contribution in [3.8, 4) is 0 Å². The van der Waals surface area contributed by atoms with E-state index in [1.807, 2.05) is 0 Å². The first-order valence-corrected chi connectivity index (χ1v) is 4.71. The summed E-state index contributed by atoms with van der Waals surface area (Å²) in [6, 6.07) is 0. The molecular formula is C10H18N2O. The molecule has 0 aliphatic rings. The summed E-state index contributed by atoms with van der Waals surface area (Å²) in [5, 5.41) is 3.91. The van der Waals surface area contributed by atoms with Crippen LogP contribution in [0, 0.1) is 5.41 Å². The van der Waals surface area contributed by atoms with Gasteiger partial charge >= 0.3 is 0 Å². The van der Waals surface area contributed by atoms with Gasteiger partial charge in [0.1, 0.15) is 0 Å². The fourth-order valence-corrected chi connectivity index (χ4v) is 1.03. The Morgan fingerprint density at radius 1 is 1.31 bits per heavy atom. The molecule has 0 aliphatic carbocycles. The zero-order valence-electron chi connectivity index (χ0n) is 9.09. The summed E-state index contributed by atoms with van der Waals surface area (Å²) in [5.74, 6) is 1.90. The fraction of sp³-hybridized carbons (Fsp3) is 0.800. The predicted molar refractivity (Wildman–Crippen MR) is 51.5 cm³/mol. The van der Waals surface area contributed by atoms with Gasteiger partial charge in [-0.1, -0.05) is 39.8 Å². The van der Waals surface area contributed by atoms with Crippen molar-refractivity contribution in [1.29, 1.82) is 0 Å². The highest BCUT2D eigenvalue weighted by molar-refractivity contribution is 4.93. The van der Waals surface area contributed by atoms with E-state index in [0.717, 1.165) is 18.1 Å². The van der Waals surface area contributed by atoms with Crippen molar-refractivity contribution in [2.24, 2.45) is 5.41 Å². The molecule has 0 atom stereocenters. The molecule has 13 heavy (non-hydrogen) atoms. The minimum absolute atomic E-state index is 0.209. The molecule has 0 saturated carbocycles. The van der Waals surface area contributed by atoms with E-state index < -0.39 is 0 Å². The lowest BCUT2D eigenvalue weighted by Gasteiger charge is -2.13. The Hall–Kier alpha value is -0.860. The summed E-state index contributed by atoms with van der Waals surface area (Å²) in [5.41, 5.74) is 0.209. The van der Waals surface area contributed by atoms with Gasteiger partial charge in [0.15, 0.2) is 5.82 Å². The highest BCUT2D eigenvalue weighted by atomic mass is 16.5. The van der Waals surface area contributed by atoms with E-state index in [4.69, 9.17) is 4.52 Å². The van der Waals surface area contributed by atoms with Crippen molar-refractivity contribution < 1.29 is 4.52 Å². The molecule has 0 radical (unpaired) electrons. The Labute approximate surface area is 79.5 Å². The Kier molecular flexibility index (Phi) is 2.74. The Bertz CT molecular complexity index is 271. The largest absolute Gasteiger partial charge is 0.339 e. The lowest BCUT2D eigenvalue weighted by Crippen LogP contribution is -2.09. The number of hydrogen-bond donors (Lipinski definition) is 0. The van der Waals surface area contributed by atoms with Gasteiger partial charge in [0.05, 0.1) is 0 Å². The van der Waals surface area contributed by atoms with Crippen LogP contribution in [0.2, 0.25) is 0 Å². The first-order chi connectivity index (χ1) is 5.88. The molecule has 0 aliphatic heterocycles. The molecule has 0 aromatic carbocycles. The zero-order valence-corrected chi connectivity index (χ0v) is 9.09. The summed E-state index contributed by atoms with van der Waals surface area (Å²) in [6.07, 6.45) is 0.840. The minimum Gasteiger partial charge on any atom is -0.339 e. The van der Waals surface area contributed by atoms with E-state index in [2.05, 4.69) is 44.8 Å². The second kappa shape index (κ2) is 3.48. The minimum atomic E-state index is 0.209. The maximum Gasteiger partial charge on any atom is 0.227 e. The van der Waals surface area contributed by atoms with E-state index in [9.17, 15) is 0 Å². The highest BCUT2D eigenvalue weighted by Crippen LogP contribution is 2.20. The second-order valence-electron chi connectivity index (χ2n) is 4.94. The van der Waals surface area contributed by atoms with E-state index >= 15 is 0 Å². The molecule has 1 rings (SSSR count). The monoisotopic (exact) mass is 182 g/mol. The molecule has 74 valence electrons. The molecule has 0 fully saturated rings. The molecule has 0 amide bonds. The van der Waals surface area contributed by atoms with Gasteiger partial charge in [-0.15, -0.1) is 0 Å². The number of nitrogens with zero attached hydrogens (tertiary/aromatic N) is 2. The SMILES string of the molecule is CC(C)c1noc(CC(C)(C)C)n1. The Morgan fingerprint density at radius 3 is 2.31 bits per heavy atom. The van der Waals surface area contributed by atoms with E-state index in [1.54, 1.807) is 0 Å². The van der Waals surface area contributed by atoms with Gasteiger partial charge in [-0.3, -0.25) is 0 Å². The molecule has 0 unspecified atom stereocenters. The standard InChI is InChI=1S/C10H18N2O/c1-7(2)9-11-8(13-12-9)6-10(3,4)5/h7H,6H2,1-5H3. The third kappa shape index (κ3) is 3.17. The van der Waals surface area contributed by atoms with Crippen LogP contribution in [0.4, 0.5) is 0 Å². The predicted octanol–water partition coefficient (Wildman–Crippen LogP) is 2.78. The van der Waals surface area contributed by atoms with Crippen LogP contribution >= 0.6 is 0 Å². The maximum atomic E-state index is 5.14. The molecule has 0 N–H and O–H groups in total. The van der Waals surface area contributed by atoms with Gasteiger partial charge in [0.2, 0.25) is 5.89 Å². The molecule has 1 aromatic heterocycles. The fourth-order valence-electron chi connectivity index (χ4n) is 1.03. The Morgan fingerprint density at radius 2 is 1.92 bits per heavy atom. The highest BCUT2D eigenvalue weighted by Gasteiger charge is 2.17. The van der Waals surface area contributed by atoms with Crippen molar-refractivity contribution in [3.05, 3.63) is 11.7 Å². The molecule has 0 bridgehead atoms. The maximum absolute atomic E-state index is 5.14. The summed E-state index contributed by atoms with van der Waals surface area (Å²) in [4.78, 5) is 4.32. The van der Waals surface area contributed by atoms with Crippen LogP contribution in [-0.2, 0) is 6.42 Å². The molecule has 1 aromatic rings. The first-order valence-electron chi connectivity index (χ1n) is 4.71. The number of hydrogen-bond acceptors (Lipinski definition) is 3. The van der Waals surface area contributed by atoms with Crippen LogP contribution in [-0.4, -0.2) is 10.1 Å². The van der Waals surface area contributed by atoms with Gasteiger partial charge in [-0.05, 0) is 5.41 Å². The topological polar surface area (TPSA) is 38.9 Å². The van der Waals surface area contributed by atoms with Gasteiger partial charge in [-0.25, -0.2) is 0 Å². The van der Waals surface area contributed by atoms with Crippen LogP contribution in [0.5, 0.6) is 0 Å². The summed E-state index contributed by atoms with van der Waals surface area (Å²) >= 11 is 0. The average Bonchev–Trinajstić information content (AvgIpc) is 2.31. The van der Waals surface area contributed by atoms with Crippen molar-refractivity contribution in [2.45, 2.75) is 47.0 Å². The molecular weight excluding hydrogens is 164 g/mol. The smallest absolute Gasteiger partial charge is 0.227 e. The summed E-state index contributed by atoms with van der Waals surface area (Å²) in [6.45, 7) is 10.6. The van der Waals surface area contributed by atoms with Gasteiger partial charge in [0.25, 0.3) is 0 Å². The first kappa shape index (κ1) is 10.2. The lowest BCUT2D eigenvalue weighted by atomic mass is 9.92. The van der Waals surface area contributed by atoms with Gasteiger partial charge < -0.3 is 4.52 Å². The summed E-state index contributed by atoms with van der Waals surface area (Å²) in [7, 11) is 0. The van der Waals surface area contributed by atoms with Crippen molar-refractivity contribution in [3.63, 3.8) is 0 Å². The summed E-state index contributed by atoms with van der Waals surface area (Å²) < 4.78 is 5.14. The molecule has 1 heterocycles. The van der Waals surface area contributed by atoms with Crippen LogP contribution in [0.25, 0.3) is 0 Å². The van der Waals surface area contributed by atoms with Crippen LogP contribution in [0.15, 0.2) is 4.52 Å². The molecule has 3 nitrogen and oxygen atoms in total. The third-order valence-corrected chi connectivity index (χ3v) is 1.68. The average molecular weight is 182 g/mol. The van der Waals surface area contributed by atoms with E-state index in [1.165, 1.54) is 0 Å². The van der Waals surface area contributed by atoms with E-state index in [-0.39, 0.29) is 5.41 Å². The van der Waals surface area contributed by atoms with Gasteiger partial charge in [0, 0.05) is 12.3 Å². The zero-order chi connectivity index (χ0) is 10.1. The normalized spacial score (nSPS) is 12.5. The van der Waals surface area contributed by atoms with Gasteiger partial charge in [-0.2, -0.15) is 4.98 Å². The van der Waals surface area contributed by atoms with Crippen molar-refractivity contribution >= 4 is 0 Å². The van der Waals surface area contributed by atoms with Crippen molar-refractivity contribution in [2.75, 3.05) is 0 Å². The second-order valence-corrected chi connectivity index (χ2v) is 4.94. The van der Waals surface area contributed by atoms with Crippen molar-refractivity contribution in [1.82, 2.24) is 10.1 Å². The van der Waals surface area contributed by atoms with Crippen LogP contribution in [0.1, 0.15) is 52.3 Å². The molecule has 0 spiro atoms. The number of aromatic nitrogens is 2.